The molecule has 2 amide bonds. The molecule has 1 aromatic rings. The number of hydrogen-bond acceptors (Lipinski definition) is 5. The van der Waals surface area contributed by atoms with Crippen LogP contribution in [0.1, 0.15) is 38.2 Å². The van der Waals surface area contributed by atoms with Crippen LogP contribution in [0.15, 0.2) is 18.2 Å². The molecule has 0 aromatic heterocycles. The summed E-state index contributed by atoms with van der Waals surface area (Å²) in [7, 11) is 3.54. The van der Waals surface area contributed by atoms with Crippen LogP contribution >= 0.6 is 0 Å². The summed E-state index contributed by atoms with van der Waals surface area (Å²) in [5, 5.41) is 0. The third-order valence-electron chi connectivity index (χ3n) is 5.30. The number of imide groups is 1. The third kappa shape index (κ3) is 3.70. The minimum atomic E-state index is -0.0878. The van der Waals surface area contributed by atoms with E-state index in [0.717, 1.165) is 37.0 Å². The van der Waals surface area contributed by atoms with Gasteiger partial charge in [-0.3, -0.25) is 19.4 Å². The highest BCUT2D eigenvalue weighted by Gasteiger charge is 2.48. The fourth-order valence-corrected chi connectivity index (χ4v) is 4.06. The van der Waals surface area contributed by atoms with Gasteiger partial charge in [0.15, 0.2) is 11.5 Å². The van der Waals surface area contributed by atoms with Gasteiger partial charge in [-0.2, -0.15) is 0 Å². The van der Waals surface area contributed by atoms with E-state index in [-0.39, 0.29) is 23.7 Å². The standard InChI is InChI=1S/C20H28N2O4/c1-4-26-17-10-9-14(11-18(17)25-3)12-21(2)13-22-19(23)15-7-5-6-8-16(15)20(22)24/h9-11,15-16H,4-8,12-13H2,1-3H3/t15-,16-/m0/s1. The number of nitrogens with zero attached hydrogens (tertiary/aromatic N) is 2. The number of carbonyl (C=O) groups excluding carboxylic acids is 2. The van der Waals surface area contributed by atoms with Crippen LogP contribution < -0.4 is 9.47 Å². The van der Waals surface area contributed by atoms with E-state index in [9.17, 15) is 9.59 Å². The number of amides is 2. The first-order chi connectivity index (χ1) is 12.5. The molecule has 142 valence electrons. The predicted molar refractivity (Wildman–Crippen MR) is 97.8 cm³/mol. The number of hydrogen-bond donors (Lipinski definition) is 0. The van der Waals surface area contributed by atoms with Crippen LogP contribution in [0.25, 0.3) is 0 Å². The SMILES string of the molecule is CCOc1ccc(CN(C)CN2C(=O)[C@H]3CCCC[C@@H]3C2=O)cc1OC. The average molecular weight is 360 g/mol. The Labute approximate surface area is 155 Å². The van der Waals surface area contributed by atoms with Gasteiger partial charge < -0.3 is 9.47 Å². The van der Waals surface area contributed by atoms with E-state index >= 15 is 0 Å². The predicted octanol–water partition coefficient (Wildman–Crippen LogP) is 2.66. The van der Waals surface area contributed by atoms with E-state index in [1.807, 2.05) is 37.1 Å². The molecule has 0 bridgehead atoms. The highest BCUT2D eigenvalue weighted by atomic mass is 16.5. The van der Waals surface area contributed by atoms with Gasteiger partial charge in [0.05, 0.1) is 32.2 Å². The monoisotopic (exact) mass is 360 g/mol. The Hall–Kier alpha value is -2.08. The van der Waals surface area contributed by atoms with E-state index in [1.54, 1.807) is 7.11 Å². The molecule has 0 radical (unpaired) electrons. The number of benzene rings is 1. The van der Waals surface area contributed by atoms with Crippen molar-refractivity contribution in [2.75, 3.05) is 27.4 Å². The van der Waals surface area contributed by atoms with Crippen LogP contribution in [-0.4, -0.2) is 49.0 Å². The van der Waals surface area contributed by atoms with E-state index in [1.165, 1.54) is 4.90 Å². The van der Waals surface area contributed by atoms with Crippen LogP contribution in [-0.2, 0) is 16.1 Å². The average Bonchev–Trinajstić information content (AvgIpc) is 2.88. The van der Waals surface area contributed by atoms with Gasteiger partial charge in [-0.05, 0) is 44.5 Å². The van der Waals surface area contributed by atoms with Crippen molar-refractivity contribution in [1.82, 2.24) is 9.80 Å². The number of likely N-dealkylation sites (tertiary alicyclic amines) is 1. The molecule has 1 saturated heterocycles. The van der Waals surface area contributed by atoms with Crippen molar-refractivity contribution in [2.24, 2.45) is 11.8 Å². The molecule has 1 heterocycles. The van der Waals surface area contributed by atoms with Crippen molar-refractivity contribution in [3.05, 3.63) is 23.8 Å². The smallest absolute Gasteiger partial charge is 0.234 e. The zero-order valence-electron chi connectivity index (χ0n) is 15.9. The first-order valence-electron chi connectivity index (χ1n) is 9.38. The highest BCUT2D eigenvalue weighted by Crippen LogP contribution is 2.38. The van der Waals surface area contributed by atoms with Gasteiger partial charge in [-0.25, -0.2) is 0 Å². The summed E-state index contributed by atoms with van der Waals surface area (Å²) in [6, 6.07) is 5.82. The van der Waals surface area contributed by atoms with Crippen molar-refractivity contribution >= 4 is 11.8 Å². The van der Waals surface area contributed by atoms with Gasteiger partial charge in [0.25, 0.3) is 0 Å². The lowest BCUT2D eigenvalue weighted by Gasteiger charge is -2.23. The number of carbonyl (C=O) groups is 2. The number of ether oxygens (including phenoxy) is 2. The lowest BCUT2D eigenvalue weighted by Crippen LogP contribution is -2.40. The summed E-state index contributed by atoms with van der Waals surface area (Å²) in [6.45, 7) is 3.47. The zero-order valence-corrected chi connectivity index (χ0v) is 15.9. The first kappa shape index (κ1) is 18.7. The molecule has 3 rings (SSSR count). The van der Waals surface area contributed by atoms with Crippen molar-refractivity contribution in [3.63, 3.8) is 0 Å². The molecular formula is C20H28N2O4. The van der Waals surface area contributed by atoms with Gasteiger partial charge in [0, 0.05) is 6.54 Å². The fourth-order valence-electron chi connectivity index (χ4n) is 4.06. The molecule has 1 aliphatic heterocycles. The van der Waals surface area contributed by atoms with E-state index in [2.05, 4.69) is 0 Å². The van der Waals surface area contributed by atoms with E-state index in [0.29, 0.717) is 25.6 Å². The zero-order chi connectivity index (χ0) is 18.7. The molecule has 0 unspecified atom stereocenters. The summed E-state index contributed by atoms with van der Waals surface area (Å²) in [5.41, 5.74) is 1.05. The normalized spacial score (nSPS) is 22.7. The minimum absolute atomic E-state index is 0.0100. The molecule has 6 nitrogen and oxygen atoms in total. The van der Waals surface area contributed by atoms with Gasteiger partial charge in [0.2, 0.25) is 11.8 Å². The molecule has 1 saturated carbocycles. The van der Waals surface area contributed by atoms with Gasteiger partial charge >= 0.3 is 0 Å². The number of rotatable bonds is 7. The second-order valence-electron chi connectivity index (χ2n) is 7.18. The Morgan fingerprint density at radius 3 is 2.35 bits per heavy atom. The highest BCUT2D eigenvalue weighted by molar-refractivity contribution is 6.05. The lowest BCUT2D eigenvalue weighted by atomic mass is 9.81. The van der Waals surface area contributed by atoms with E-state index in [4.69, 9.17) is 9.47 Å². The topological polar surface area (TPSA) is 59.1 Å². The molecule has 0 spiro atoms. The third-order valence-corrected chi connectivity index (χ3v) is 5.30. The van der Waals surface area contributed by atoms with Gasteiger partial charge in [-0.15, -0.1) is 0 Å². The Morgan fingerprint density at radius 1 is 1.12 bits per heavy atom. The largest absolute Gasteiger partial charge is 0.493 e. The van der Waals surface area contributed by atoms with Gasteiger partial charge in [-0.1, -0.05) is 18.9 Å². The number of methoxy groups -OCH3 is 1. The van der Waals surface area contributed by atoms with Gasteiger partial charge in [0.1, 0.15) is 0 Å². The first-order valence-corrected chi connectivity index (χ1v) is 9.38. The van der Waals surface area contributed by atoms with Crippen LogP contribution in [0, 0.1) is 11.8 Å². The summed E-state index contributed by atoms with van der Waals surface area (Å²) < 4.78 is 10.9. The van der Waals surface area contributed by atoms with Crippen LogP contribution in [0.3, 0.4) is 0 Å². The van der Waals surface area contributed by atoms with Crippen molar-refractivity contribution in [3.8, 4) is 11.5 Å². The maximum atomic E-state index is 12.6. The van der Waals surface area contributed by atoms with Crippen molar-refractivity contribution in [2.45, 2.75) is 39.2 Å². The second-order valence-corrected chi connectivity index (χ2v) is 7.18. The molecule has 2 aliphatic rings. The molecule has 0 N–H and O–H groups in total. The molecular weight excluding hydrogens is 332 g/mol. The minimum Gasteiger partial charge on any atom is -0.493 e. The Morgan fingerprint density at radius 2 is 1.77 bits per heavy atom. The van der Waals surface area contributed by atoms with E-state index < -0.39 is 0 Å². The maximum Gasteiger partial charge on any atom is 0.234 e. The quantitative estimate of drug-likeness (QED) is 0.700. The van der Waals surface area contributed by atoms with Crippen molar-refractivity contribution < 1.29 is 19.1 Å². The summed E-state index contributed by atoms with van der Waals surface area (Å²) >= 11 is 0. The summed E-state index contributed by atoms with van der Waals surface area (Å²) in [5.74, 6) is 1.25. The molecule has 26 heavy (non-hydrogen) atoms. The van der Waals surface area contributed by atoms with Crippen LogP contribution in [0.2, 0.25) is 0 Å². The second kappa shape index (κ2) is 8.08. The fraction of sp³-hybridized carbons (Fsp3) is 0.600. The molecule has 1 aliphatic carbocycles. The summed E-state index contributed by atoms with van der Waals surface area (Å²) in [4.78, 5) is 28.6. The summed E-state index contributed by atoms with van der Waals surface area (Å²) in [6.07, 6.45) is 3.81. The molecule has 2 fully saturated rings. The van der Waals surface area contributed by atoms with Crippen LogP contribution in [0.5, 0.6) is 11.5 Å². The number of fused-ring (bicyclic) bond motifs is 1. The Bertz CT molecular complexity index is 652. The maximum absolute atomic E-state index is 12.6. The van der Waals surface area contributed by atoms with Crippen molar-refractivity contribution in [1.29, 1.82) is 0 Å². The molecule has 1 aromatic carbocycles. The lowest BCUT2D eigenvalue weighted by molar-refractivity contribution is -0.142. The van der Waals surface area contributed by atoms with Crippen LogP contribution in [0.4, 0.5) is 0 Å². The Kier molecular flexibility index (Phi) is 5.81. The Balaban J connectivity index is 1.64. The molecule has 6 heteroatoms. The molecule has 2 atom stereocenters.